The molecule has 2 aromatic rings. The van der Waals surface area contributed by atoms with Gasteiger partial charge in [-0.2, -0.15) is 4.31 Å². The van der Waals surface area contributed by atoms with Crippen molar-refractivity contribution >= 4 is 27.5 Å². The molecule has 3 rings (SSSR count). The Labute approximate surface area is 182 Å². The maximum absolute atomic E-state index is 13.1. The van der Waals surface area contributed by atoms with Crippen LogP contribution in [0.15, 0.2) is 47.4 Å². The normalized spacial score (nSPS) is 16.8. The standard InChI is InChI=1S/C21H26ClN3O4S/c1-15(17-6-4-5-7-19(17)29-3)23-21(26)16-8-9-18(22)20(14-16)30(27,28)25-12-10-24(2)11-13-25/h4-9,14-15H,10-13H2,1-3H3,(H,23,26)/t15-/m0/s1. The number of methoxy groups -OCH3 is 1. The average molecular weight is 452 g/mol. The molecule has 1 saturated heterocycles. The molecule has 2 aromatic carbocycles. The Kier molecular flexibility index (Phi) is 7.02. The molecule has 1 fully saturated rings. The summed E-state index contributed by atoms with van der Waals surface area (Å²) in [4.78, 5) is 14.8. The van der Waals surface area contributed by atoms with Gasteiger partial charge in [-0.15, -0.1) is 0 Å². The van der Waals surface area contributed by atoms with Gasteiger partial charge in [0.05, 0.1) is 18.2 Å². The largest absolute Gasteiger partial charge is 0.496 e. The van der Waals surface area contributed by atoms with E-state index >= 15 is 0 Å². The molecule has 30 heavy (non-hydrogen) atoms. The molecule has 1 aliphatic rings. The number of piperazine rings is 1. The molecule has 1 amide bonds. The molecular weight excluding hydrogens is 426 g/mol. The zero-order valence-corrected chi connectivity index (χ0v) is 18.8. The van der Waals surface area contributed by atoms with Crippen LogP contribution in [0.25, 0.3) is 0 Å². The second kappa shape index (κ2) is 9.34. The summed E-state index contributed by atoms with van der Waals surface area (Å²) in [5.41, 5.74) is 1.06. The molecule has 1 atom stereocenters. The minimum absolute atomic E-state index is 0.0497. The van der Waals surface area contributed by atoms with Crippen LogP contribution >= 0.6 is 11.6 Å². The fourth-order valence-electron chi connectivity index (χ4n) is 3.39. The van der Waals surface area contributed by atoms with E-state index in [1.165, 1.54) is 22.5 Å². The summed E-state index contributed by atoms with van der Waals surface area (Å²) in [5, 5.41) is 2.99. The monoisotopic (exact) mass is 451 g/mol. The summed E-state index contributed by atoms with van der Waals surface area (Å²) in [5.74, 6) is 0.277. The number of likely N-dealkylation sites (N-methyl/N-ethyl adjacent to an activating group) is 1. The molecule has 7 nitrogen and oxygen atoms in total. The number of carbonyl (C=O) groups is 1. The first-order valence-electron chi connectivity index (χ1n) is 9.66. The highest BCUT2D eigenvalue weighted by Crippen LogP contribution is 2.28. The SMILES string of the molecule is COc1ccccc1[C@H](C)NC(=O)c1ccc(Cl)c(S(=O)(=O)N2CCN(C)CC2)c1. The van der Waals surface area contributed by atoms with Crippen LogP contribution in [0.4, 0.5) is 0 Å². The van der Waals surface area contributed by atoms with Crippen molar-refractivity contribution in [2.45, 2.75) is 17.9 Å². The van der Waals surface area contributed by atoms with Gasteiger partial charge in [0, 0.05) is 37.3 Å². The minimum Gasteiger partial charge on any atom is -0.496 e. The van der Waals surface area contributed by atoms with E-state index in [4.69, 9.17) is 16.3 Å². The second-order valence-electron chi connectivity index (χ2n) is 7.29. The summed E-state index contributed by atoms with van der Waals surface area (Å²) >= 11 is 6.21. The van der Waals surface area contributed by atoms with Crippen molar-refractivity contribution in [1.29, 1.82) is 0 Å². The van der Waals surface area contributed by atoms with Gasteiger partial charge in [-0.25, -0.2) is 8.42 Å². The van der Waals surface area contributed by atoms with Crippen LogP contribution in [0.2, 0.25) is 5.02 Å². The quantitative estimate of drug-likeness (QED) is 0.730. The van der Waals surface area contributed by atoms with E-state index in [1.54, 1.807) is 7.11 Å². The van der Waals surface area contributed by atoms with Crippen LogP contribution in [0.3, 0.4) is 0 Å². The van der Waals surface area contributed by atoms with E-state index in [-0.39, 0.29) is 27.4 Å². The van der Waals surface area contributed by atoms with Gasteiger partial charge in [0.25, 0.3) is 5.91 Å². The first-order chi connectivity index (χ1) is 14.2. The topological polar surface area (TPSA) is 78.9 Å². The van der Waals surface area contributed by atoms with Crippen molar-refractivity contribution in [3.63, 3.8) is 0 Å². The fraction of sp³-hybridized carbons (Fsp3) is 0.381. The number of ether oxygens (including phenoxy) is 1. The number of carbonyl (C=O) groups excluding carboxylic acids is 1. The third-order valence-electron chi connectivity index (χ3n) is 5.23. The van der Waals surface area contributed by atoms with Crippen molar-refractivity contribution < 1.29 is 17.9 Å². The summed E-state index contributed by atoms with van der Waals surface area (Å²) < 4.78 is 32.9. The maximum atomic E-state index is 13.1. The maximum Gasteiger partial charge on any atom is 0.251 e. The lowest BCUT2D eigenvalue weighted by molar-refractivity contribution is 0.0939. The van der Waals surface area contributed by atoms with E-state index < -0.39 is 10.0 Å². The minimum atomic E-state index is -3.79. The number of nitrogens with one attached hydrogen (secondary N) is 1. The Balaban J connectivity index is 1.83. The molecule has 0 unspecified atom stereocenters. The van der Waals surface area contributed by atoms with Crippen LogP contribution in [0.5, 0.6) is 5.75 Å². The van der Waals surface area contributed by atoms with Gasteiger partial charge in [-0.3, -0.25) is 4.79 Å². The smallest absolute Gasteiger partial charge is 0.251 e. The molecule has 0 spiro atoms. The Morgan fingerprint density at radius 3 is 2.47 bits per heavy atom. The van der Waals surface area contributed by atoms with Crippen LogP contribution in [0, 0.1) is 0 Å². The summed E-state index contributed by atoms with van der Waals surface area (Å²) in [6.45, 7) is 3.90. The lowest BCUT2D eigenvalue weighted by Gasteiger charge is -2.31. The van der Waals surface area contributed by atoms with Crippen LogP contribution in [-0.4, -0.2) is 63.9 Å². The number of benzene rings is 2. The number of rotatable bonds is 6. The number of sulfonamides is 1. The molecular formula is C21H26ClN3O4S. The zero-order chi connectivity index (χ0) is 21.9. The van der Waals surface area contributed by atoms with Crippen molar-refractivity contribution in [3.8, 4) is 5.75 Å². The molecule has 9 heteroatoms. The van der Waals surface area contributed by atoms with E-state index in [0.29, 0.717) is 31.9 Å². The molecule has 0 radical (unpaired) electrons. The lowest BCUT2D eigenvalue weighted by atomic mass is 10.1. The van der Waals surface area contributed by atoms with Gasteiger partial charge >= 0.3 is 0 Å². The lowest BCUT2D eigenvalue weighted by Crippen LogP contribution is -2.47. The highest BCUT2D eigenvalue weighted by Gasteiger charge is 2.30. The van der Waals surface area contributed by atoms with Gasteiger partial charge < -0.3 is 15.0 Å². The number of hydrogen-bond donors (Lipinski definition) is 1. The van der Waals surface area contributed by atoms with Crippen LogP contribution in [0.1, 0.15) is 28.9 Å². The first kappa shape index (κ1) is 22.6. The van der Waals surface area contributed by atoms with E-state index in [0.717, 1.165) is 5.56 Å². The van der Waals surface area contributed by atoms with Gasteiger partial charge in [-0.05, 0) is 38.2 Å². The van der Waals surface area contributed by atoms with Crippen LogP contribution in [-0.2, 0) is 10.0 Å². The number of para-hydroxylation sites is 1. The molecule has 0 saturated carbocycles. The van der Waals surface area contributed by atoms with E-state index in [9.17, 15) is 13.2 Å². The van der Waals surface area contributed by atoms with Gasteiger partial charge in [0.1, 0.15) is 10.6 Å². The highest BCUT2D eigenvalue weighted by molar-refractivity contribution is 7.89. The van der Waals surface area contributed by atoms with E-state index in [1.807, 2.05) is 38.2 Å². The molecule has 1 heterocycles. The average Bonchev–Trinajstić information content (AvgIpc) is 2.74. The van der Waals surface area contributed by atoms with Gasteiger partial charge in [0.2, 0.25) is 10.0 Å². The fourth-order valence-corrected chi connectivity index (χ4v) is 5.31. The first-order valence-corrected chi connectivity index (χ1v) is 11.5. The molecule has 0 aliphatic carbocycles. The Hall–Kier alpha value is -2.13. The third kappa shape index (κ3) is 4.78. The number of hydrogen-bond acceptors (Lipinski definition) is 5. The zero-order valence-electron chi connectivity index (χ0n) is 17.3. The van der Waals surface area contributed by atoms with Gasteiger partial charge in [-0.1, -0.05) is 29.8 Å². The molecule has 162 valence electrons. The van der Waals surface area contributed by atoms with Crippen molar-refractivity contribution in [1.82, 2.24) is 14.5 Å². The predicted molar refractivity (Wildman–Crippen MR) is 117 cm³/mol. The summed E-state index contributed by atoms with van der Waals surface area (Å²) in [6, 6.07) is 11.4. The van der Waals surface area contributed by atoms with Crippen LogP contribution < -0.4 is 10.1 Å². The Morgan fingerprint density at radius 1 is 1.13 bits per heavy atom. The molecule has 0 aromatic heterocycles. The Morgan fingerprint density at radius 2 is 1.80 bits per heavy atom. The predicted octanol–water partition coefficient (Wildman–Crippen LogP) is 2.78. The molecule has 0 bridgehead atoms. The van der Waals surface area contributed by atoms with E-state index in [2.05, 4.69) is 10.2 Å². The van der Waals surface area contributed by atoms with Crippen molar-refractivity contribution in [2.24, 2.45) is 0 Å². The molecule has 1 N–H and O–H groups in total. The number of nitrogens with zero attached hydrogens (tertiary/aromatic N) is 2. The second-order valence-corrected chi connectivity index (χ2v) is 9.60. The molecule has 1 aliphatic heterocycles. The number of halogens is 1. The number of amides is 1. The van der Waals surface area contributed by atoms with Gasteiger partial charge in [0.15, 0.2) is 0 Å². The third-order valence-corrected chi connectivity index (χ3v) is 7.61. The highest BCUT2D eigenvalue weighted by atomic mass is 35.5. The Bertz CT molecular complexity index is 1020. The summed E-state index contributed by atoms with van der Waals surface area (Å²) in [6.07, 6.45) is 0. The van der Waals surface area contributed by atoms with Crippen molar-refractivity contribution in [2.75, 3.05) is 40.3 Å². The van der Waals surface area contributed by atoms with Crippen molar-refractivity contribution in [3.05, 3.63) is 58.6 Å². The summed E-state index contributed by atoms with van der Waals surface area (Å²) in [7, 11) is -0.268.